The second-order valence-electron chi connectivity index (χ2n) is 9.95. The van der Waals surface area contributed by atoms with Gasteiger partial charge in [0.25, 0.3) is 5.56 Å². The lowest BCUT2D eigenvalue weighted by atomic mass is 9.93. The molecule has 4 aromatic rings. The van der Waals surface area contributed by atoms with Crippen molar-refractivity contribution < 1.29 is 28.2 Å². The van der Waals surface area contributed by atoms with Crippen LogP contribution < -0.4 is 29.3 Å². The average molecular weight is 681 g/mol. The maximum atomic E-state index is 14.2. The van der Waals surface area contributed by atoms with E-state index in [1.54, 1.807) is 32.2 Å². The normalized spacial score (nSPS) is 16.9. The molecule has 2 aromatic carbocycles. The van der Waals surface area contributed by atoms with E-state index in [0.717, 1.165) is 10.0 Å². The summed E-state index contributed by atoms with van der Waals surface area (Å²) < 4.78 is 31.0. The Kier molecular flexibility index (Phi) is 8.74. The minimum atomic E-state index is -0.852. The fraction of sp³-hybridized carbons (Fsp3) is 0.281. The van der Waals surface area contributed by atoms with Crippen LogP contribution >= 0.6 is 27.3 Å². The second kappa shape index (κ2) is 12.8. The highest BCUT2D eigenvalue weighted by molar-refractivity contribution is 9.10. The van der Waals surface area contributed by atoms with Gasteiger partial charge in [-0.3, -0.25) is 9.36 Å². The van der Waals surface area contributed by atoms with Crippen molar-refractivity contribution >= 4 is 50.9 Å². The number of fused-ring (bicyclic) bond motifs is 1. The predicted octanol–water partition coefficient (Wildman–Crippen LogP) is 4.14. The zero-order valence-electron chi connectivity index (χ0n) is 24.4. The first-order valence-electron chi connectivity index (χ1n) is 14.1. The highest BCUT2D eigenvalue weighted by Crippen LogP contribution is 2.38. The standard InChI is InChI=1S/C32H30BrN3O7S/c1-4-42-31(38)26-27(19-8-6-5-7-9-19)34-32-36(28(26)20-10-11-23(39-2)24(16-20)40-3)29(37)25(44-32)18-21-17-22(33)30(43-21)35-12-14-41-15-13-35/h5-11,16-18,28H,4,12-15H2,1-3H3/t28-/m0/s1. The molecule has 0 unspecified atom stereocenters. The zero-order valence-corrected chi connectivity index (χ0v) is 26.8. The molecule has 6 rings (SSSR count). The van der Waals surface area contributed by atoms with Crippen molar-refractivity contribution in [2.75, 3.05) is 52.0 Å². The number of carbonyl (C=O) groups is 1. The van der Waals surface area contributed by atoms with Crippen LogP contribution in [0.1, 0.15) is 29.9 Å². The van der Waals surface area contributed by atoms with E-state index in [2.05, 4.69) is 20.8 Å². The van der Waals surface area contributed by atoms with Crippen LogP contribution in [-0.2, 0) is 14.3 Å². The number of furan rings is 1. The first-order valence-corrected chi connectivity index (χ1v) is 15.7. The quantitative estimate of drug-likeness (QED) is 0.256. The summed E-state index contributed by atoms with van der Waals surface area (Å²) in [5, 5.41) is 0. The minimum Gasteiger partial charge on any atom is -0.493 e. The van der Waals surface area contributed by atoms with E-state index in [1.165, 1.54) is 23.0 Å². The van der Waals surface area contributed by atoms with Gasteiger partial charge in [-0.05, 0) is 40.5 Å². The fourth-order valence-electron chi connectivity index (χ4n) is 5.34. The van der Waals surface area contributed by atoms with Gasteiger partial charge in [0, 0.05) is 30.8 Å². The highest BCUT2D eigenvalue weighted by Gasteiger charge is 2.35. The lowest BCUT2D eigenvalue weighted by molar-refractivity contribution is -0.138. The molecule has 10 nitrogen and oxygen atoms in total. The molecule has 0 aliphatic carbocycles. The lowest BCUT2D eigenvalue weighted by Gasteiger charge is -2.26. The van der Waals surface area contributed by atoms with Gasteiger partial charge in [0.1, 0.15) is 5.76 Å². The summed E-state index contributed by atoms with van der Waals surface area (Å²) in [6, 6.07) is 15.7. The number of anilines is 1. The SMILES string of the molecule is CCOC(=O)C1=C(c2ccccc2)N=c2sc(=Cc3cc(Br)c(N4CCOCC4)o3)c(=O)n2[C@H]1c1ccc(OC)c(OC)c1. The third-order valence-corrected chi connectivity index (χ3v) is 8.91. The van der Waals surface area contributed by atoms with Gasteiger partial charge in [-0.25, -0.2) is 9.79 Å². The summed E-state index contributed by atoms with van der Waals surface area (Å²) >= 11 is 4.83. The Balaban J connectivity index is 1.57. The average Bonchev–Trinajstić information content (AvgIpc) is 3.58. The minimum absolute atomic E-state index is 0.159. The van der Waals surface area contributed by atoms with Crippen LogP contribution in [0.2, 0.25) is 0 Å². The number of hydrogen-bond acceptors (Lipinski definition) is 10. The van der Waals surface area contributed by atoms with Gasteiger partial charge in [-0.1, -0.05) is 47.7 Å². The Morgan fingerprint density at radius 2 is 1.84 bits per heavy atom. The predicted molar refractivity (Wildman–Crippen MR) is 170 cm³/mol. The van der Waals surface area contributed by atoms with Crippen molar-refractivity contribution in [1.82, 2.24) is 4.57 Å². The number of nitrogens with zero attached hydrogens (tertiary/aromatic N) is 3. The monoisotopic (exact) mass is 679 g/mol. The molecule has 44 heavy (non-hydrogen) atoms. The number of halogens is 1. The van der Waals surface area contributed by atoms with Crippen LogP contribution in [0.4, 0.5) is 5.88 Å². The molecule has 0 spiro atoms. The van der Waals surface area contributed by atoms with Gasteiger partial charge in [0.2, 0.25) is 5.88 Å². The second-order valence-corrected chi connectivity index (χ2v) is 11.8. The molecule has 12 heteroatoms. The molecule has 2 aromatic heterocycles. The van der Waals surface area contributed by atoms with E-state index < -0.39 is 12.0 Å². The van der Waals surface area contributed by atoms with Crippen molar-refractivity contribution in [3.05, 3.63) is 101 Å². The summed E-state index contributed by atoms with van der Waals surface area (Å²) in [6.07, 6.45) is 1.71. The molecule has 0 N–H and O–H groups in total. The Bertz CT molecular complexity index is 1910. The number of hydrogen-bond donors (Lipinski definition) is 0. The Hall–Kier alpha value is -4.13. The largest absolute Gasteiger partial charge is 0.493 e. The van der Waals surface area contributed by atoms with E-state index in [1.807, 2.05) is 42.5 Å². The molecular weight excluding hydrogens is 650 g/mol. The molecule has 1 fully saturated rings. The first-order chi connectivity index (χ1) is 21.4. The van der Waals surface area contributed by atoms with Gasteiger partial charge in [-0.15, -0.1) is 0 Å². The van der Waals surface area contributed by atoms with Crippen molar-refractivity contribution in [3.8, 4) is 11.5 Å². The molecule has 0 saturated carbocycles. The van der Waals surface area contributed by atoms with Crippen molar-refractivity contribution in [2.24, 2.45) is 4.99 Å². The summed E-state index contributed by atoms with van der Waals surface area (Å²) in [5.41, 5.74) is 1.73. The molecule has 0 bridgehead atoms. The number of ether oxygens (including phenoxy) is 4. The molecule has 2 aliphatic heterocycles. The molecule has 0 radical (unpaired) electrons. The van der Waals surface area contributed by atoms with Gasteiger partial charge in [-0.2, -0.15) is 0 Å². The number of morpholine rings is 1. The lowest BCUT2D eigenvalue weighted by Crippen LogP contribution is -2.40. The van der Waals surface area contributed by atoms with Gasteiger partial charge >= 0.3 is 5.97 Å². The number of methoxy groups -OCH3 is 2. The molecular formula is C32H30BrN3O7S. The van der Waals surface area contributed by atoms with E-state index in [-0.39, 0.29) is 17.7 Å². The molecule has 2 aliphatic rings. The Labute approximate surface area is 265 Å². The number of carbonyl (C=O) groups excluding carboxylic acids is 1. The summed E-state index contributed by atoms with van der Waals surface area (Å²) in [7, 11) is 3.09. The van der Waals surface area contributed by atoms with E-state index >= 15 is 0 Å². The van der Waals surface area contributed by atoms with Crippen LogP contribution in [0.5, 0.6) is 11.5 Å². The van der Waals surface area contributed by atoms with Crippen molar-refractivity contribution in [1.29, 1.82) is 0 Å². The van der Waals surface area contributed by atoms with Crippen molar-refractivity contribution in [3.63, 3.8) is 0 Å². The number of benzene rings is 2. The van der Waals surface area contributed by atoms with Crippen LogP contribution in [0.15, 0.2) is 78.8 Å². The summed E-state index contributed by atoms with van der Waals surface area (Å²) in [4.78, 5) is 35.3. The van der Waals surface area contributed by atoms with Gasteiger partial charge in [0.15, 0.2) is 16.3 Å². The Morgan fingerprint density at radius 3 is 2.55 bits per heavy atom. The van der Waals surface area contributed by atoms with Crippen LogP contribution in [0.25, 0.3) is 11.8 Å². The van der Waals surface area contributed by atoms with E-state index in [9.17, 15) is 9.59 Å². The fourth-order valence-corrected chi connectivity index (χ4v) is 6.88. The first kappa shape index (κ1) is 29.9. The maximum Gasteiger partial charge on any atom is 0.338 e. The van der Waals surface area contributed by atoms with Gasteiger partial charge in [0.05, 0.1) is 60.4 Å². The van der Waals surface area contributed by atoms with Gasteiger partial charge < -0.3 is 28.3 Å². The zero-order chi connectivity index (χ0) is 30.8. The molecule has 0 amide bonds. The third-order valence-electron chi connectivity index (χ3n) is 7.36. The summed E-state index contributed by atoms with van der Waals surface area (Å²) in [5.74, 6) is 1.62. The maximum absolute atomic E-state index is 14.2. The number of esters is 1. The topological polar surface area (TPSA) is 105 Å². The van der Waals surface area contributed by atoms with E-state index in [0.29, 0.717) is 70.0 Å². The molecule has 1 saturated heterocycles. The van der Waals surface area contributed by atoms with Crippen molar-refractivity contribution in [2.45, 2.75) is 13.0 Å². The number of rotatable bonds is 8. The van der Waals surface area contributed by atoms with Crippen LogP contribution in [0, 0.1) is 0 Å². The number of thiazole rings is 1. The summed E-state index contributed by atoms with van der Waals surface area (Å²) in [6.45, 7) is 4.55. The van der Waals surface area contributed by atoms with E-state index in [4.69, 9.17) is 28.4 Å². The third kappa shape index (κ3) is 5.60. The highest BCUT2D eigenvalue weighted by atomic mass is 79.9. The van der Waals surface area contributed by atoms with Crippen LogP contribution in [-0.4, -0.2) is 57.7 Å². The molecule has 1 atom stereocenters. The Morgan fingerprint density at radius 1 is 1.09 bits per heavy atom. The molecule has 228 valence electrons. The smallest absolute Gasteiger partial charge is 0.338 e. The number of aromatic nitrogens is 1. The molecule has 4 heterocycles. The van der Waals surface area contributed by atoms with Crippen LogP contribution in [0.3, 0.4) is 0 Å².